The van der Waals surface area contributed by atoms with Gasteiger partial charge in [-0.2, -0.15) is 5.26 Å². The van der Waals surface area contributed by atoms with Gasteiger partial charge in [-0.15, -0.1) is 0 Å². The standard InChI is InChI=1S/C12H18N4O2/c1-16-6-4-12(8-13,5-7-16)15-11(18)9-2-3-10(17)14-9/h9H,2-7H2,1H3,(H,14,17)(H,15,18). The first kappa shape index (κ1) is 12.8. The molecule has 0 radical (unpaired) electrons. The van der Waals surface area contributed by atoms with Crippen LogP contribution < -0.4 is 10.6 Å². The van der Waals surface area contributed by atoms with E-state index in [0.717, 1.165) is 13.1 Å². The molecule has 1 unspecified atom stereocenters. The molecule has 2 N–H and O–H groups in total. The molecule has 0 aliphatic carbocycles. The van der Waals surface area contributed by atoms with Gasteiger partial charge in [-0.05, 0) is 26.3 Å². The van der Waals surface area contributed by atoms with Crippen LogP contribution in [0.25, 0.3) is 0 Å². The third-order valence-corrected chi connectivity index (χ3v) is 3.73. The van der Waals surface area contributed by atoms with Crippen LogP contribution in [0.3, 0.4) is 0 Å². The van der Waals surface area contributed by atoms with Gasteiger partial charge in [0.05, 0.1) is 6.07 Å². The van der Waals surface area contributed by atoms with Crippen molar-refractivity contribution in [1.29, 1.82) is 5.26 Å². The zero-order valence-corrected chi connectivity index (χ0v) is 10.5. The van der Waals surface area contributed by atoms with Gasteiger partial charge < -0.3 is 15.5 Å². The van der Waals surface area contributed by atoms with E-state index in [9.17, 15) is 14.9 Å². The highest BCUT2D eigenvalue weighted by molar-refractivity contribution is 5.91. The molecule has 0 aromatic rings. The van der Waals surface area contributed by atoms with E-state index in [2.05, 4.69) is 21.6 Å². The van der Waals surface area contributed by atoms with Crippen LogP contribution in [0.2, 0.25) is 0 Å². The number of amides is 2. The molecule has 1 atom stereocenters. The normalized spacial score (nSPS) is 27.3. The molecule has 0 bridgehead atoms. The second-order valence-electron chi connectivity index (χ2n) is 5.15. The molecule has 2 aliphatic heterocycles. The van der Waals surface area contributed by atoms with Crippen LogP contribution in [0.1, 0.15) is 25.7 Å². The van der Waals surface area contributed by atoms with Crippen LogP contribution >= 0.6 is 0 Å². The zero-order chi connectivity index (χ0) is 13.2. The van der Waals surface area contributed by atoms with Gasteiger partial charge in [0, 0.05) is 19.5 Å². The van der Waals surface area contributed by atoms with Crippen molar-refractivity contribution < 1.29 is 9.59 Å². The van der Waals surface area contributed by atoms with Gasteiger partial charge in [-0.1, -0.05) is 0 Å². The number of rotatable bonds is 2. The van der Waals surface area contributed by atoms with E-state index in [0.29, 0.717) is 25.7 Å². The molecule has 0 aromatic carbocycles. The van der Waals surface area contributed by atoms with Gasteiger partial charge in [-0.3, -0.25) is 9.59 Å². The molecule has 0 aromatic heterocycles. The summed E-state index contributed by atoms with van der Waals surface area (Å²) in [5.74, 6) is -0.323. The number of nitrogens with zero attached hydrogens (tertiary/aromatic N) is 2. The average molecular weight is 250 g/mol. The summed E-state index contributed by atoms with van der Waals surface area (Å²) >= 11 is 0. The summed E-state index contributed by atoms with van der Waals surface area (Å²) in [4.78, 5) is 25.2. The third-order valence-electron chi connectivity index (χ3n) is 3.73. The summed E-state index contributed by atoms with van der Waals surface area (Å²) < 4.78 is 0. The van der Waals surface area contributed by atoms with E-state index in [1.165, 1.54) is 0 Å². The highest BCUT2D eigenvalue weighted by Gasteiger charge is 2.38. The molecule has 2 rings (SSSR count). The maximum Gasteiger partial charge on any atom is 0.243 e. The van der Waals surface area contributed by atoms with Crippen molar-refractivity contribution in [2.75, 3.05) is 20.1 Å². The number of likely N-dealkylation sites (tertiary alicyclic amines) is 1. The molecule has 2 amide bonds. The van der Waals surface area contributed by atoms with E-state index in [1.807, 2.05) is 7.05 Å². The first-order valence-corrected chi connectivity index (χ1v) is 6.26. The number of hydrogen-bond acceptors (Lipinski definition) is 4. The van der Waals surface area contributed by atoms with Gasteiger partial charge in [-0.25, -0.2) is 0 Å². The second-order valence-corrected chi connectivity index (χ2v) is 5.15. The molecular formula is C12H18N4O2. The number of carbonyl (C=O) groups is 2. The molecule has 2 heterocycles. The fourth-order valence-electron chi connectivity index (χ4n) is 2.40. The van der Waals surface area contributed by atoms with Crippen LogP contribution in [0.5, 0.6) is 0 Å². The van der Waals surface area contributed by atoms with Crippen molar-refractivity contribution in [3.8, 4) is 6.07 Å². The Morgan fingerprint density at radius 3 is 2.72 bits per heavy atom. The molecule has 6 nitrogen and oxygen atoms in total. The molecule has 0 saturated carbocycles. The minimum absolute atomic E-state index is 0.0930. The van der Waals surface area contributed by atoms with Crippen LogP contribution in [-0.4, -0.2) is 48.4 Å². The van der Waals surface area contributed by atoms with Crippen molar-refractivity contribution in [3.05, 3.63) is 0 Å². The van der Waals surface area contributed by atoms with Crippen LogP contribution in [0, 0.1) is 11.3 Å². The summed E-state index contributed by atoms with van der Waals surface area (Å²) in [6.45, 7) is 1.59. The molecular weight excluding hydrogens is 232 g/mol. The lowest BCUT2D eigenvalue weighted by molar-refractivity contribution is -0.127. The largest absolute Gasteiger partial charge is 0.344 e. The quantitative estimate of drug-likeness (QED) is 0.683. The maximum atomic E-state index is 12.0. The van der Waals surface area contributed by atoms with Gasteiger partial charge in [0.25, 0.3) is 0 Å². The summed E-state index contributed by atoms with van der Waals surface area (Å²) in [5.41, 5.74) is -0.767. The molecule has 2 saturated heterocycles. The Morgan fingerprint density at radius 2 is 2.22 bits per heavy atom. The summed E-state index contributed by atoms with van der Waals surface area (Å²) in [6.07, 6.45) is 2.17. The smallest absolute Gasteiger partial charge is 0.243 e. The van der Waals surface area contributed by atoms with Crippen molar-refractivity contribution >= 4 is 11.8 Å². The maximum absolute atomic E-state index is 12.0. The third kappa shape index (κ3) is 2.62. The van der Waals surface area contributed by atoms with Gasteiger partial charge >= 0.3 is 0 Å². The Kier molecular flexibility index (Phi) is 3.53. The summed E-state index contributed by atoms with van der Waals surface area (Å²) in [6, 6.07) is 1.76. The first-order valence-electron chi connectivity index (χ1n) is 6.26. The Morgan fingerprint density at radius 1 is 1.56 bits per heavy atom. The predicted octanol–water partition coefficient (Wildman–Crippen LogP) is -0.631. The number of carbonyl (C=O) groups excluding carboxylic acids is 2. The Hall–Kier alpha value is -1.61. The highest BCUT2D eigenvalue weighted by atomic mass is 16.2. The Balaban J connectivity index is 1.96. The average Bonchev–Trinajstić information content (AvgIpc) is 2.79. The van der Waals surface area contributed by atoms with E-state index in [4.69, 9.17) is 0 Å². The van der Waals surface area contributed by atoms with E-state index in [1.54, 1.807) is 0 Å². The van der Waals surface area contributed by atoms with Crippen molar-refractivity contribution in [1.82, 2.24) is 15.5 Å². The second kappa shape index (κ2) is 4.94. The Labute approximate surface area is 106 Å². The molecule has 6 heteroatoms. The molecule has 2 aliphatic rings. The van der Waals surface area contributed by atoms with E-state index >= 15 is 0 Å². The molecule has 0 spiro atoms. The van der Waals surface area contributed by atoms with Crippen molar-refractivity contribution in [3.63, 3.8) is 0 Å². The molecule has 18 heavy (non-hydrogen) atoms. The Bertz CT molecular complexity index is 393. The van der Waals surface area contributed by atoms with Crippen molar-refractivity contribution in [2.24, 2.45) is 0 Å². The van der Waals surface area contributed by atoms with Crippen LogP contribution in [-0.2, 0) is 9.59 Å². The lowest BCUT2D eigenvalue weighted by Gasteiger charge is -2.36. The topological polar surface area (TPSA) is 85.2 Å². The van der Waals surface area contributed by atoms with E-state index in [-0.39, 0.29) is 11.8 Å². The lowest BCUT2D eigenvalue weighted by Crippen LogP contribution is -2.57. The van der Waals surface area contributed by atoms with Gasteiger partial charge in [0.2, 0.25) is 11.8 Å². The fraction of sp³-hybridized carbons (Fsp3) is 0.750. The number of piperidine rings is 1. The van der Waals surface area contributed by atoms with Gasteiger partial charge in [0.15, 0.2) is 0 Å². The van der Waals surface area contributed by atoms with E-state index < -0.39 is 11.6 Å². The lowest BCUT2D eigenvalue weighted by atomic mass is 9.89. The van der Waals surface area contributed by atoms with Crippen molar-refractivity contribution in [2.45, 2.75) is 37.3 Å². The zero-order valence-electron chi connectivity index (χ0n) is 10.5. The molecule has 98 valence electrons. The number of nitriles is 1. The number of nitrogens with one attached hydrogen (secondary N) is 2. The van der Waals surface area contributed by atoms with Crippen LogP contribution in [0.4, 0.5) is 0 Å². The summed E-state index contributed by atoms with van der Waals surface area (Å²) in [5, 5.41) is 14.7. The minimum atomic E-state index is -0.767. The highest BCUT2D eigenvalue weighted by Crippen LogP contribution is 2.21. The fourth-order valence-corrected chi connectivity index (χ4v) is 2.40. The van der Waals surface area contributed by atoms with Gasteiger partial charge in [0.1, 0.15) is 11.6 Å². The predicted molar refractivity (Wildman–Crippen MR) is 64.4 cm³/mol. The molecule has 2 fully saturated rings. The number of hydrogen-bond donors (Lipinski definition) is 2. The van der Waals surface area contributed by atoms with Crippen LogP contribution in [0.15, 0.2) is 0 Å². The first-order chi connectivity index (χ1) is 8.54. The summed E-state index contributed by atoms with van der Waals surface area (Å²) in [7, 11) is 2.00. The minimum Gasteiger partial charge on any atom is -0.344 e. The SMILES string of the molecule is CN1CCC(C#N)(NC(=O)C2CCC(=O)N2)CC1. The monoisotopic (exact) mass is 250 g/mol.